The van der Waals surface area contributed by atoms with Crippen molar-refractivity contribution in [3.05, 3.63) is 0 Å². The Morgan fingerprint density at radius 2 is 2.14 bits per heavy atom. The summed E-state index contributed by atoms with van der Waals surface area (Å²) < 4.78 is 4.91. The van der Waals surface area contributed by atoms with Crippen LogP contribution >= 0.6 is 11.8 Å². The maximum Gasteiger partial charge on any atom is 0.315 e. The normalized spacial score (nSPS) is 12.9. The van der Waals surface area contributed by atoms with Gasteiger partial charge in [-0.25, -0.2) is 0 Å². The number of hydrogen-bond acceptors (Lipinski definition) is 5. The zero-order chi connectivity index (χ0) is 11.0. The van der Waals surface area contributed by atoms with Gasteiger partial charge >= 0.3 is 5.97 Å². The van der Waals surface area contributed by atoms with Gasteiger partial charge in [0.2, 0.25) is 0 Å². The molecule has 2 N–H and O–H groups in total. The average Bonchev–Trinajstić information content (AvgIpc) is 2.14. The third-order valence-electron chi connectivity index (χ3n) is 1.32. The lowest BCUT2D eigenvalue weighted by molar-refractivity contribution is -0.141. The summed E-state index contributed by atoms with van der Waals surface area (Å²) in [7, 11) is 0. The van der Waals surface area contributed by atoms with E-state index in [0.29, 0.717) is 18.3 Å². The fourth-order valence-corrected chi connectivity index (χ4v) is 1.38. The molecule has 5 heteroatoms. The Kier molecular flexibility index (Phi) is 7.93. The zero-order valence-electron chi connectivity index (χ0n) is 8.60. The zero-order valence-corrected chi connectivity index (χ0v) is 9.42. The van der Waals surface area contributed by atoms with Crippen LogP contribution in [0.4, 0.5) is 0 Å². The lowest BCUT2D eigenvalue weighted by atomic mass is 10.2. The molecule has 0 amide bonds. The molecule has 0 saturated heterocycles. The number of ether oxygens (including phenoxy) is 1. The minimum Gasteiger partial charge on any atom is -0.465 e. The number of esters is 1. The molecule has 84 valence electrons. The average molecular weight is 222 g/mol. The highest BCUT2D eigenvalue weighted by atomic mass is 32.2. The molecule has 0 aliphatic heterocycles. The molecule has 14 heavy (non-hydrogen) atoms. The Bertz CT molecular complexity index is 161. The Balaban J connectivity index is 3.35. The van der Waals surface area contributed by atoms with E-state index < -0.39 is 6.10 Å². The summed E-state index contributed by atoms with van der Waals surface area (Å²) in [5, 5.41) is 17.5. The summed E-state index contributed by atoms with van der Waals surface area (Å²) in [4.78, 5) is 11.0. The fraction of sp³-hybridized carbons (Fsp3) is 0.889. The summed E-state index contributed by atoms with van der Waals surface area (Å²) >= 11 is 1.26. The topological polar surface area (TPSA) is 66.8 Å². The van der Waals surface area contributed by atoms with Gasteiger partial charge in [-0.1, -0.05) is 13.8 Å². The molecular weight excluding hydrogens is 204 g/mol. The Hall–Kier alpha value is -0.260. The van der Waals surface area contributed by atoms with Gasteiger partial charge in [-0.2, -0.15) is 0 Å². The van der Waals surface area contributed by atoms with Crippen LogP contribution in [0.15, 0.2) is 0 Å². The fourth-order valence-electron chi connectivity index (χ4n) is 0.632. The van der Waals surface area contributed by atoms with Gasteiger partial charge in [0.05, 0.1) is 25.1 Å². The van der Waals surface area contributed by atoms with E-state index >= 15 is 0 Å². The molecule has 0 aromatic carbocycles. The largest absolute Gasteiger partial charge is 0.465 e. The van der Waals surface area contributed by atoms with Crippen LogP contribution in [0.2, 0.25) is 0 Å². The first-order valence-corrected chi connectivity index (χ1v) is 5.74. The van der Waals surface area contributed by atoms with Crippen molar-refractivity contribution in [3.8, 4) is 0 Å². The van der Waals surface area contributed by atoms with Gasteiger partial charge in [0.1, 0.15) is 0 Å². The van der Waals surface area contributed by atoms with E-state index in [1.807, 2.05) is 13.8 Å². The number of carbonyl (C=O) groups is 1. The third-order valence-corrected chi connectivity index (χ3v) is 2.38. The summed E-state index contributed by atoms with van der Waals surface area (Å²) in [6, 6.07) is 0. The van der Waals surface area contributed by atoms with Crippen LogP contribution in [0, 0.1) is 5.92 Å². The number of rotatable bonds is 7. The molecule has 0 aromatic heterocycles. The number of carbonyl (C=O) groups excluding carboxylic acids is 1. The Labute approximate surface area is 88.6 Å². The maximum absolute atomic E-state index is 11.0. The van der Waals surface area contributed by atoms with Crippen molar-refractivity contribution in [1.82, 2.24) is 0 Å². The predicted octanol–water partition coefficient (Wildman–Crippen LogP) is 0.272. The van der Waals surface area contributed by atoms with Crippen LogP contribution in [-0.4, -0.2) is 47.0 Å². The summed E-state index contributed by atoms with van der Waals surface area (Å²) in [6.07, 6.45) is -0.752. The summed E-state index contributed by atoms with van der Waals surface area (Å²) in [5.41, 5.74) is 0. The van der Waals surface area contributed by atoms with Gasteiger partial charge in [0, 0.05) is 5.75 Å². The lowest BCUT2D eigenvalue weighted by Crippen LogP contribution is -2.17. The molecule has 0 aliphatic rings. The maximum atomic E-state index is 11.0. The molecule has 0 fully saturated rings. The molecule has 0 aliphatic carbocycles. The van der Waals surface area contributed by atoms with Gasteiger partial charge in [0.15, 0.2) is 0 Å². The van der Waals surface area contributed by atoms with E-state index in [4.69, 9.17) is 14.9 Å². The molecule has 1 unspecified atom stereocenters. The van der Waals surface area contributed by atoms with Gasteiger partial charge in [-0.05, 0) is 5.92 Å². The van der Waals surface area contributed by atoms with Crippen LogP contribution in [0.1, 0.15) is 13.8 Å². The predicted molar refractivity (Wildman–Crippen MR) is 56.2 cm³/mol. The molecule has 0 heterocycles. The molecule has 0 saturated carbocycles. The van der Waals surface area contributed by atoms with E-state index in [1.54, 1.807) is 0 Å². The molecule has 0 spiro atoms. The number of hydrogen-bond donors (Lipinski definition) is 2. The highest BCUT2D eigenvalue weighted by Crippen LogP contribution is 2.04. The van der Waals surface area contributed by atoms with Gasteiger partial charge in [0.25, 0.3) is 0 Å². The molecule has 1 atom stereocenters. The molecular formula is C9H18O4S. The van der Waals surface area contributed by atoms with E-state index in [1.165, 1.54) is 11.8 Å². The van der Waals surface area contributed by atoms with Crippen LogP contribution in [-0.2, 0) is 9.53 Å². The van der Waals surface area contributed by atoms with Crippen molar-refractivity contribution >= 4 is 17.7 Å². The number of aliphatic hydroxyl groups is 2. The second-order valence-corrected chi connectivity index (χ2v) is 4.46. The molecule has 0 aromatic rings. The quantitative estimate of drug-likeness (QED) is 0.605. The number of aliphatic hydroxyl groups excluding tert-OH is 2. The minimum atomic E-state index is -0.752. The van der Waals surface area contributed by atoms with Gasteiger partial charge in [-0.3, -0.25) is 4.79 Å². The van der Waals surface area contributed by atoms with Crippen molar-refractivity contribution in [1.29, 1.82) is 0 Å². The van der Waals surface area contributed by atoms with Crippen LogP contribution in [0.5, 0.6) is 0 Å². The summed E-state index contributed by atoms with van der Waals surface area (Å²) in [5.74, 6) is 0.651. The first-order valence-electron chi connectivity index (χ1n) is 4.58. The minimum absolute atomic E-state index is 0.226. The Morgan fingerprint density at radius 1 is 1.50 bits per heavy atom. The first-order chi connectivity index (χ1) is 6.56. The third kappa shape index (κ3) is 8.34. The second kappa shape index (κ2) is 8.08. The van der Waals surface area contributed by atoms with Crippen molar-refractivity contribution in [2.24, 2.45) is 5.92 Å². The van der Waals surface area contributed by atoms with E-state index in [0.717, 1.165) is 0 Å². The standard InChI is InChI=1S/C9H18O4S/c1-7(2)4-13-9(12)6-14-5-8(11)3-10/h7-8,10-11H,3-6H2,1-2H3. The molecule has 4 nitrogen and oxygen atoms in total. The lowest BCUT2D eigenvalue weighted by Gasteiger charge is -2.08. The highest BCUT2D eigenvalue weighted by Gasteiger charge is 2.07. The van der Waals surface area contributed by atoms with Crippen molar-refractivity contribution < 1.29 is 19.7 Å². The van der Waals surface area contributed by atoms with E-state index in [-0.39, 0.29) is 18.3 Å². The SMILES string of the molecule is CC(C)COC(=O)CSCC(O)CO. The second-order valence-electron chi connectivity index (χ2n) is 3.43. The summed E-state index contributed by atoms with van der Waals surface area (Å²) in [6.45, 7) is 4.10. The van der Waals surface area contributed by atoms with Gasteiger partial charge < -0.3 is 14.9 Å². The molecule has 0 rings (SSSR count). The monoisotopic (exact) mass is 222 g/mol. The van der Waals surface area contributed by atoms with Crippen molar-refractivity contribution in [3.63, 3.8) is 0 Å². The van der Waals surface area contributed by atoms with E-state index in [2.05, 4.69) is 0 Å². The van der Waals surface area contributed by atoms with Crippen LogP contribution in [0.3, 0.4) is 0 Å². The van der Waals surface area contributed by atoms with Crippen LogP contribution in [0.25, 0.3) is 0 Å². The molecule has 0 radical (unpaired) electrons. The molecule has 0 bridgehead atoms. The highest BCUT2D eigenvalue weighted by molar-refractivity contribution is 7.99. The van der Waals surface area contributed by atoms with Crippen molar-refractivity contribution in [2.75, 3.05) is 24.7 Å². The van der Waals surface area contributed by atoms with Gasteiger partial charge in [-0.15, -0.1) is 11.8 Å². The van der Waals surface area contributed by atoms with Crippen molar-refractivity contribution in [2.45, 2.75) is 20.0 Å². The first kappa shape index (κ1) is 13.7. The Morgan fingerprint density at radius 3 is 2.64 bits per heavy atom. The smallest absolute Gasteiger partial charge is 0.315 e. The van der Waals surface area contributed by atoms with E-state index in [9.17, 15) is 4.79 Å². The van der Waals surface area contributed by atoms with Crippen LogP contribution < -0.4 is 0 Å². The number of thioether (sulfide) groups is 1.